The lowest BCUT2D eigenvalue weighted by atomic mass is 10.1. The van der Waals surface area contributed by atoms with Crippen LogP contribution >= 0.6 is 0 Å². The van der Waals surface area contributed by atoms with E-state index in [0.717, 1.165) is 17.3 Å². The minimum Gasteiger partial charge on any atom is -0.366 e. The monoisotopic (exact) mass is 439 g/mol. The molecule has 174 valence electrons. The molecule has 2 aromatic rings. The van der Waals surface area contributed by atoms with E-state index in [2.05, 4.69) is 32.7 Å². The molecule has 0 aliphatic carbocycles. The summed E-state index contributed by atoms with van der Waals surface area (Å²) in [5.41, 5.74) is 3.75. The Bertz CT molecular complexity index is 807. The maximum atomic E-state index is 13.0. The highest BCUT2D eigenvalue weighted by molar-refractivity contribution is 6.08. The van der Waals surface area contributed by atoms with Gasteiger partial charge in [-0.25, -0.2) is 4.39 Å². The number of halogens is 1. The molecule has 5 nitrogen and oxygen atoms in total. The Morgan fingerprint density at radius 2 is 1.72 bits per heavy atom. The first kappa shape index (κ1) is 27.2. The summed E-state index contributed by atoms with van der Waals surface area (Å²) in [5, 5.41) is 9.79. The fraction of sp³-hybridized carbons (Fsp3) is 0.385. The maximum Gasteiger partial charge on any atom is 0.123 e. The van der Waals surface area contributed by atoms with E-state index in [9.17, 15) is 4.39 Å². The Hall–Kier alpha value is -2.83. The molecule has 0 bridgehead atoms. The molecule has 2 aromatic carbocycles. The highest BCUT2D eigenvalue weighted by Crippen LogP contribution is 2.09. The summed E-state index contributed by atoms with van der Waals surface area (Å²) >= 11 is 0. The molecule has 0 spiro atoms. The summed E-state index contributed by atoms with van der Waals surface area (Å²) in [7, 11) is 2.04. The van der Waals surface area contributed by atoms with E-state index in [1.54, 1.807) is 24.4 Å². The van der Waals surface area contributed by atoms with Crippen molar-refractivity contribution in [2.24, 2.45) is 9.98 Å². The molecule has 32 heavy (non-hydrogen) atoms. The zero-order chi connectivity index (χ0) is 23.6. The normalized spacial score (nSPS) is 14.1. The predicted molar refractivity (Wildman–Crippen MR) is 138 cm³/mol. The largest absolute Gasteiger partial charge is 0.366 e. The molecule has 3 rings (SSSR count). The van der Waals surface area contributed by atoms with Crippen molar-refractivity contribution in [1.82, 2.24) is 10.6 Å². The zero-order valence-corrected chi connectivity index (χ0v) is 19.9. The molecule has 1 saturated heterocycles. The molecular weight excluding hydrogens is 401 g/mol. The molecule has 1 fully saturated rings. The van der Waals surface area contributed by atoms with Gasteiger partial charge in [0.25, 0.3) is 0 Å². The van der Waals surface area contributed by atoms with Crippen molar-refractivity contribution in [3.63, 3.8) is 0 Å². The van der Waals surface area contributed by atoms with Crippen LogP contribution < -0.4 is 16.0 Å². The van der Waals surface area contributed by atoms with Crippen molar-refractivity contribution in [2.75, 3.05) is 32.1 Å². The summed E-state index contributed by atoms with van der Waals surface area (Å²) in [6, 6.07) is 15.0. The summed E-state index contributed by atoms with van der Waals surface area (Å²) in [4.78, 5) is 8.18. The number of hydrogen-bond acceptors (Lipinski definition) is 5. The van der Waals surface area contributed by atoms with E-state index >= 15 is 0 Å². The van der Waals surface area contributed by atoms with Gasteiger partial charge < -0.3 is 16.0 Å². The molecule has 1 heterocycles. The molecular formula is C26H38FN5. The van der Waals surface area contributed by atoms with Crippen molar-refractivity contribution in [1.29, 1.82) is 0 Å². The van der Waals surface area contributed by atoms with Crippen LogP contribution in [0.5, 0.6) is 0 Å². The van der Waals surface area contributed by atoms with Crippen LogP contribution in [0.15, 0.2) is 70.8 Å². The first-order valence-electron chi connectivity index (χ1n) is 11.2. The van der Waals surface area contributed by atoms with Gasteiger partial charge in [0.15, 0.2) is 0 Å². The van der Waals surface area contributed by atoms with Gasteiger partial charge >= 0.3 is 0 Å². The van der Waals surface area contributed by atoms with Gasteiger partial charge in [-0.3, -0.25) is 9.98 Å². The van der Waals surface area contributed by atoms with Crippen LogP contribution in [0.4, 0.5) is 10.1 Å². The van der Waals surface area contributed by atoms with Gasteiger partial charge in [0, 0.05) is 17.9 Å². The number of nitrogens with one attached hydrogen (secondary N) is 3. The number of aryl methyl sites for hydroxylation is 1. The van der Waals surface area contributed by atoms with Gasteiger partial charge in [0.1, 0.15) is 12.5 Å². The molecule has 1 aliphatic rings. The van der Waals surface area contributed by atoms with Crippen LogP contribution in [0.1, 0.15) is 37.8 Å². The van der Waals surface area contributed by atoms with Crippen molar-refractivity contribution < 1.29 is 4.39 Å². The van der Waals surface area contributed by atoms with Crippen molar-refractivity contribution in [3.8, 4) is 0 Å². The molecule has 0 aromatic heterocycles. The topological polar surface area (TPSA) is 60.8 Å². The van der Waals surface area contributed by atoms with E-state index in [-0.39, 0.29) is 5.82 Å². The highest BCUT2D eigenvalue weighted by atomic mass is 19.1. The third-order valence-electron chi connectivity index (χ3n) is 4.81. The second-order valence-corrected chi connectivity index (χ2v) is 7.06. The lowest BCUT2D eigenvalue weighted by Gasteiger charge is -2.21. The third-order valence-corrected chi connectivity index (χ3v) is 4.81. The highest BCUT2D eigenvalue weighted by Gasteiger charge is 2.08. The zero-order valence-electron chi connectivity index (χ0n) is 19.9. The van der Waals surface area contributed by atoms with E-state index in [1.807, 2.05) is 52.1 Å². The number of benzene rings is 2. The first-order chi connectivity index (χ1) is 15.6. The van der Waals surface area contributed by atoms with Gasteiger partial charge in [-0.15, -0.1) is 0 Å². The van der Waals surface area contributed by atoms with Crippen LogP contribution in [0.25, 0.3) is 0 Å². The minimum absolute atomic E-state index is 0.272. The molecule has 0 saturated carbocycles. The third kappa shape index (κ3) is 11.0. The summed E-state index contributed by atoms with van der Waals surface area (Å²) in [6.07, 6.45) is 5.89. The molecule has 0 radical (unpaired) electrons. The van der Waals surface area contributed by atoms with Gasteiger partial charge in [-0.2, -0.15) is 0 Å². The van der Waals surface area contributed by atoms with E-state index in [4.69, 9.17) is 0 Å². The summed E-state index contributed by atoms with van der Waals surface area (Å²) in [5.74, 6) is -0.272. The number of rotatable bonds is 7. The SMILES string of the molecule is C=N/C=C\C(=N/CNc1ccc(C)cc1)c1ccc(F)cc1.CC.CNC1CCNCC1. The minimum atomic E-state index is -0.272. The van der Waals surface area contributed by atoms with Crippen molar-refractivity contribution in [3.05, 3.63) is 77.8 Å². The lowest BCUT2D eigenvalue weighted by Crippen LogP contribution is -2.37. The van der Waals surface area contributed by atoms with E-state index in [1.165, 1.54) is 43.6 Å². The van der Waals surface area contributed by atoms with Gasteiger partial charge in [0.05, 0.1) is 5.71 Å². The van der Waals surface area contributed by atoms with Crippen LogP contribution in [0, 0.1) is 12.7 Å². The fourth-order valence-electron chi connectivity index (χ4n) is 2.98. The first-order valence-corrected chi connectivity index (χ1v) is 11.2. The summed E-state index contributed by atoms with van der Waals surface area (Å²) < 4.78 is 13.0. The average molecular weight is 440 g/mol. The van der Waals surface area contributed by atoms with Crippen LogP contribution in [0.2, 0.25) is 0 Å². The quantitative estimate of drug-likeness (QED) is 0.520. The molecule has 0 atom stereocenters. The summed E-state index contributed by atoms with van der Waals surface area (Å²) in [6.45, 7) is 12.2. The van der Waals surface area contributed by atoms with Gasteiger partial charge in [-0.1, -0.05) is 31.5 Å². The van der Waals surface area contributed by atoms with E-state index in [0.29, 0.717) is 12.4 Å². The number of nitrogens with zero attached hydrogens (tertiary/aromatic N) is 2. The lowest BCUT2D eigenvalue weighted by molar-refractivity contribution is 0.409. The Balaban J connectivity index is 0.000000427. The Labute approximate surface area is 193 Å². The predicted octanol–water partition coefficient (Wildman–Crippen LogP) is 5.19. The van der Waals surface area contributed by atoms with Crippen molar-refractivity contribution in [2.45, 2.75) is 39.7 Å². The Morgan fingerprint density at radius 1 is 1.09 bits per heavy atom. The number of piperidine rings is 1. The maximum absolute atomic E-state index is 13.0. The second kappa shape index (κ2) is 16.8. The standard InChI is InChI=1S/C18H18FN3.C6H14N2.C2H6/c1-14-3-9-17(10-4-14)21-13-22-18(11-12-20-2)15-5-7-16(19)8-6-15;1-7-6-2-4-8-5-3-6;1-2/h3-12,21H,2,13H2,1H3;6-8H,2-5H2,1H3;1-2H3/b12-11-,22-18+;;. The average Bonchev–Trinajstić information content (AvgIpc) is 2.85. The molecule has 0 unspecified atom stereocenters. The fourth-order valence-corrected chi connectivity index (χ4v) is 2.98. The number of aliphatic imine (C=N–C) groups is 2. The van der Waals surface area contributed by atoms with E-state index < -0.39 is 0 Å². The van der Waals surface area contributed by atoms with Crippen molar-refractivity contribution >= 4 is 18.1 Å². The van der Waals surface area contributed by atoms with Crippen LogP contribution in [0.3, 0.4) is 0 Å². The second-order valence-electron chi connectivity index (χ2n) is 7.06. The number of anilines is 1. The Kier molecular flexibility index (Phi) is 14.3. The number of allylic oxidation sites excluding steroid dienone is 1. The molecule has 1 aliphatic heterocycles. The van der Waals surface area contributed by atoms with Gasteiger partial charge in [0.2, 0.25) is 0 Å². The smallest absolute Gasteiger partial charge is 0.123 e. The van der Waals surface area contributed by atoms with Crippen LogP contribution in [-0.4, -0.2) is 45.3 Å². The Morgan fingerprint density at radius 3 is 2.25 bits per heavy atom. The van der Waals surface area contributed by atoms with Crippen LogP contribution in [-0.2, 0) is 0 Å². The molecule has 3 N–H and O–H groups in total. The molecule has 0 amide bonds. The molecule has 6 heteroatoms. The van der Waals surface area contributed by atoms with Gasteiger partial charge in [-0.05, 0) is 94.7 Å². The number of hydrogen-bond donors (Lipinski definition) is 3.